The molecule has 150 valence electrons. The fraction of sp³-hybridized carbons (Fsp3) is 0.190. The number of benzene rings is 2. The van der Waals surface area contributed by atoms with Crippen LogP contribution in [0.15, 0.2) is 57.9 Å². The minimum Gasteiger partial charge on any atom is -0.360 e. The zero-order valence-electron chi connectivity index (χ0n) is 16.2. The molecule has 0 atom stereocenters. The van der Waals surface area contributed by atoms with Gasteiger partial charge in [0.05, 0.1) is 27.7 Å². The Kier molecular flexibility index (Phi) is 6.61. The average molecular weight is 430 g/mol. The normalized spacial score (nSPS) is 10.6. The molecule has 1 heterocycles. The van der Waals surface area contributed by atoms with Gasteiger partial charge in [0.2, 0.25) is 0 Å². The number of hydrogen-bond donors (Lipinski definition) is 1. The van der Waals surface area contributed by atoms with Crippen molar-refractivity contribution in [2.75, 3.05) is 19.4 Å². The van der Waals surface area contributed by atoms with E-state index in [0.29, 0.717) is 27.6 Å². The van der Waals surface area contributed by atoms with Crippen LogP contribution >= 0.6 is 23.4 Å². The summed E-state index contributed by atoms with van der Waals surface area (Å²) in [7, 11) is 3.33. The second-order valence-corrected chi connectivity index (χ2v) is 7.99. The van der Waals surface area contributed by atoms with Crippen LogP contribution in [-0.2, 0) is 5.75 Å². The quantitative estimate of drug-likeness (QED) is 0.565. The summed E-state index contributed by atoms with van der Waals surface area (Å²) in [4.78, 5) is 27.4. The Morgan fingerprint density at radius 1 is 1.17 bits per heavy atom. The Balaban J connectivity index is 1.79. The van der Waals surface area contributed by atoms with Crippen molar-refractivity contribution in [3.8, 4) is 0 Å². The van der Waals surface area contributed by atoms with E-state index in [9.17, 15) is 9.59 Å². The predicted octanol–water partition coefficient (Wildman–Crippen LogP) is 4.88. The van der Waals surface area contributed by atoms with Crippen LogP contribution in [0.1, 0.15) is 32.2 Å². The molecule has 3 rings (SSSR count). The Morgan fingerprint density at radius 3 is 2.62 bits per heavy atom. The van der Waals surface area contributed by atoms with Crippen molar-refractivity contribution in [2.45, 2.75) is 17.6 Å². The zero-order valence-corrected chi connectivity index (χ0v) is 17.8. The summed E-state index contributed by atoms with van der Waals surface area (Å²) in [5.41, 5.74) is 2.15. The van der Waals surface area contributed by atoms with Crippen molar-refractivity contribution in [3.63, 3.8) is 0 Å². The lowest BCUT2D eigenvalue weighted by molar-refractivity contribution is 0.0827. The number of carbonyl (C=O) groups excluding carboxylic acids is 2. The molecule has 0 saturated carbocycles. The van der Waals surface area contributed by atoms with Crippen LogP contribution in [0.5, 0.6) is 0 Å². The molecule has 0 spiro atoms. The molecule has 0 bridgehead atoms. The van der Waals surface area contributed by atoms with Crippen molar-refractivity contribution < 1.29 is 14.1 Å². The molecule has 2 amide bonds. The van der Waals surface area contributed by atoms with Crippen LogP contribution in [0, 0.1) is 6.92 Å². The number of thioether (sulfide) groups is 1. The molecule has 1 N–H and O–H groups in total. The van der Waals surface area contributed by atoms with Crippen LogP contribution in [-0.4, -0.2) is 36.0 Å². The number of carbonyl (C=O) groups is 2. The van der Waals surface area contributed by atoms with Crippen molar-refractivity contribution in [1.82, 2.24) is 10.1 Å². The first-order chi connectivity index (χ1) is 13.8. The van der Waals surface area contributed by atoms with E-state index in [2.05, 4.69) is 10.5 Å². The van der Waals surface area contributed by atoms with Gasteiger partial charge in [-0.3, -0.25) is 9.59 Å². The van der Waals surface area contributed by atoms with E-state index in [1.165, 1.54) is 16.7 Å². The first-order valence-corrected chi connectivity index (χ1v) is 10.2. The fourth-order valence-corrected chi connectivity index (χ4v) is 3.70. The first kappa shape index (κ1) is 21.0. The van der Waals surface area contributed by atoms with E-state index in [-0.39, 0.29) is 11.8 Å². The molecule has 3 aromatic rings. The van der Waals surface area contributed by atoms with Crippen LogP contribution < -0.4 is 5.32 Å². The van der Waals surface area contributed by atoms with E-state index in [1.54, 1.807) is 44.4 Å². The van der Waals surface area contributed by atoms with E-state index in [4.69, 9.17) is 16.1 Å². The molecular weight excluding hydrogens is 410 g/mol. The molecule has 0 radical (unpaired) electrons. The third-order valence-electron chi connectivity index (χ3n) is 4.05. The van der Waals surface area contributed by atoms with Crippen LogP contribution in [0.2, 0.25) is 5.02 Å². The summed E-state index contributed by atoms with van der Waals surface area (Å²) in [5, 5.41) is 7.04. The van der Waals surface area contributed by atoms with E-state index >= 15 is 0 Å². The molecular formula is C21H20ClN3O3S. The molecule has 0 aliphatic heterocycles. The number of amides is 2. The smallest absolute Gasteiger partial charge is 0.256 e. The lowest BCUT2D eigenvalue weighted by atomic mass is 10.1. The molecule has 6 nitrogen and oxygen atoms in total. The summed E-state index contributed by atoms with van der Waals surface area (Å²) >= 11 is 7.71. The molecule has 0 aliphatic rings. The number of nitrogens with zero attached hydrogens (tertiary/aromatic N) is 2. The Morgan fingerprint density at radius 2 is 1.93 bits per heavy atom. The number of nitrogens with one attached hydrogen (secondary N) is 1. The number of aryl methyl sites for hydroxylation is 1. The number of anilines is 1. The Bertz CT molecular complexity index is 1050. The topological polar surface area (TPSA) is 75.4 Å². The second-order valence-electron chi connectivity index (χ2n) is 6.57. The molecule has 0 aliphatic carbocycles. The third-order valence-corrected chi connectivity index (χ3v) is 5.47. The van der Waals surface area contributed by atoms with Gasteiger partial charge in [-0.25, -0.2) is 0 Å². The summed E-state index contributed by atoms with van der Waals surface area (Å²) < 4.78 is 5.23. The largest absolute Gasteiger partial charge is 0.360 e. The zero-order chi connectivity index (χ0) is 21.0. The highest BCUT2D eigenvalue weighted by molar-refractivity contribution is 7.98. The Labute approximate surface area is 178 Å². The molecule has 2 aromatic carbocycles. The van der Waals surface area contributed by atoms with Gasteiger partial charge in [-0.05, 0) is 37.3 Å². The maximum atomic E-state index is 12.9. The van der Waals surface area contributed by atoms with Gasteiger partial charge in [-0.15, -0.1) is 11.8 Å². The summed E-state index contributed by atoms with van der Waals surface area (Å²) in [6.07, 6.45) is 0. The van der Waals surface area contributed by atoms with Crippen LogP contribution in [0.4, 0.5) is 5.69 Å². The van der Waals surface area contributed by atoms with Gasteiger partial charge in [0.1, 0.15) is 5.76 Å². The second kappa shape index (κ2) is 9.15. The minimum atomic E-state index is -0.307. The standard InChI is InChI=1S/C21H20ClN3O3S/c1-13-10-15(28-24-13)12-29-19-7-5-4-6-16(19)20(26)23-18-11-14(8-9-17(18)22)21(27)25(2)3/h4-11H,12H2,1-3H3,(H,23,26). The number of aromatic nitrogens is 1. The monoisotopic (exact) mass is 429 g/mol. The molecule has 0 unspecified atom stereocenters. The average Bonchev–Trinajstić information content (AvgIpc) is 3.12. The van der Waals surface area contributed by atoms with Gasteiger partial charge in [-0.2, -0.15) is 0 Å². The summed E-state index contributed by atoms with van der Waals surface area (Å²) in [6, 6.07) is 13.9. The lowest BCUT2D eigenvalue weighted by Gasteiger charge is -2.14. The third kappa shape index (κ3) is 5.19. The maximum Gasteiger partial charge on any atom is 0.256 e. The lowest BCUT2D eigenvalue weighted by Crippen LogP contribution is -2.22. The molecule has 8 heteroatoms. The van der Waals surface area contributed by atoms with E-state index in [0.717, 1.165) is 16.3 Å². The van der Waals surface area contributed by atoms with Gasteiger partial charge < -0.3 is 14.7 Å². The maximum absolute atomic E-state index is 12.9. The van der Waals surface area contributed by atoms with Gasteiger partial charge in [0, 0.05) is 30.6 Å². The number of hydrogen-bond acceptors (Lipinski definition) is 5. The highest BCUT2D eigenvalue weighted by atomic mass is 35.5. The highest BCUT2D eigenvalue weighted by Crippen LogP contribution is 2.29. The van der Waals surface area contributed by atoms with Crippen LogP contribution in [0.3, 0.4) is 0 Å². The van der Waals surface area contributed by atoms with Gasteiger partial charge in [-0.1, -0.05) is 28.9 Å². The van der Waals surface area contributed by atoms with Gasteiger partial charge in [0.15, 0.2) is 0 Å². The van der Waals surface area contributed by atoms with E-state index < -0.39 is 0 Å². The highest BCUT2D eigenvalue weighted by Gasteiger charge is 2.16. The van der Waals surface area contributed by atoms with Crippen molar-refractivity contribution >= 4 is 40.9 Å². The fourth-order valence-electron chi connectivity index (χ4n) is 2.62. The van der Waals surface area contributed by atoms with Crippen molar-refractivity contribution in [3.05, 3.63) is 76.1 Å². The predicted molar refractivity (Wildman–Crippen MR) is 115 cm³/mol. The molecule has 29 heavy (non-hydrogen) atoms. The number of rotatable bonds is 6. The molecule has 1 aromatic heterocycles. The molecule has 0 saturated heterocycles. The van der Waals surface area contributed by atoms with E-state index in [1.807, 2.05) is 25.1 Å². The molecule has 0 fully saturated rings. The van der Waals surface area contributed by atoms with Crippen LogP contribution in [0.25, 0.3) is 0 Å². The van der Waals surface area contributed by atoms with Crippen molar-refractivity contribution in [1.29, 1.82) is 0 Å². The summed E-state index contributed by atoms with van der Waals surface area (Å²) in [5.74, 6) is 0.813. The van der Waals surface area contributed by atoms with Gasteiger partial charge in [0.25, 0.3) is 11.8 Å². The SMILES string of the molecule is Cc1cc(CSc2ccccc2C(=O)Nc2cc(C(=O)N(C)C)ccc2Cl)on1. The first-order valence-electron chi connectivity index (χ1n) is 8.81. The summed E-state index contributed by atoms with van der Waals surface area (Å²) in [6.45, 7) is 1.86. The Hall–Kier alpha value is -2.77. The van der Waals surface area contributed by atoms with Gasteiger partial charge >= 0.3 is 0 Å². The van der Waals surface area contributed by atoms with Crippen molar-refractivity contribution in [2.24, 2.45) is 0 Å². The minimum absolute atomic E-state index is 0.171. The number of halogens is 1.